The SMILES string of the molecule is OB(O)c1c(S)ccc2c(I)csc12. The number of hydrogen-bond acceptors (Lipinski definition) is 4. The minimum Gasteiger partial charge on any atom is -0.423 e. The Morgan fingerprint density at radius 3 is 2.71 bits per heavy atom. The molecule has 1 aromatic heterocycles. The molecule has 6 heteroatoms. The number of hydrogen-bond donors (Lipinski definition) is 3. The summed E-state index contributed by atoms with van der Waals surface area (Å²) in [5.41, 5.74) is 0.499. The lowest BCUT2D eigenvalue weighted by Gasteiger charge is -2.04. The first-order chi connectivity index (χ1) is 6.61. The average molecular weight is 336 g/mol. The highest BCUT2D eigenvalue weighted by molar-refractivity contribution is 14.1. The molecule has 0 unspecified atom stereocenters. The summed E-state index contributed by atoms with van der Waals surface area (Å²) in [7, 11) is -1.46. The van der Waals surface area contributed by atoms with Crippen molar-refractivity contribution in [3.63, 3.8) is 0 Å². The van der Waals surface area contributed by atoms with Crippen molar-refractivity contribution in [2.75, 3.05) is 0 Å². The second-order valence-electron chi connectivity index (χ2n) is 2.83. The van der Waals surface area contributed by atoms with Crippen LogP contribution in [-0.2, 0) is 0 Å². The summed E-state index contributed by atoms with van der Waals surface area (Å²) in [6.07, 6.45) is 0. The van der Waals surface area contributed by atoms with E-state index in [0.29, 0.717) is 10.4 Å². The highest BCUT2D eigenvalue weighted by Crippen LogP contribution is 2.27. The molecule has 2 rings (SSSR count). The Bertz CT molecular complexity index is 483. The van der Waals surface area contributed by atoms with E-state index in [0.717, 1.165) is 13.7 Å². The Morgan fingerprint density at radius 2 is 2.07 bits per heavy atom. The fourth-order valence-electron chi connectivity index (χ4n) is 1.33. The van der Waals surface area contributed by atoms with Crippen LogP contribution in [0.4, 0.5) is 0 Å². The van der Waals surface area contributed by atoms with E-state index in [1.807, 2.05) is 11.4 Å². The lowest BCUT2D eigenvalue weighted by Crippen LogP contribution is -2.31. The molecule has 0 bridgehead atoms. The lowest BCUT2D eigenvalue weighted by atomic mass is 9.80. The molecule has 0 fully saturated rings. The Kier molecular flexibility index (Phi) is 3.08. The third-order valence-electron chi connectivity index (χ3n) is 1.97. The molecule has 0 amide bonds. The zero-order valence-corrected chi connectivity index (χ0v) is 10.8. The van der Waals surface area contributed by atoms with Crippen LogP contribution in [0.3, 0.4) is 0 Å². The number of fused-ring (bicyclic) bond motifs is 1. The van der Waals surface area contributed by atoms with Gasteiger partial charge in [0.1, 0.15) is 0 Å². The van der Waals surface area contributed by atoms with E-state index in [1.54, 1.807) is 6.07 Å². The predicted molar refractivity (Wildman–Crippen MR) is 71.6 cm³/mol. The maximum Gasteiger partial charge on any atom is 0.491 e. The molecule has 1 heterocycles. The lowest BCUT2D eigenvalue weighted by molar-refractivity contribution is 0.425. The largest absolute Gasteiger partial charge is 0.491 e. The fraction of sp³-hybridized carbons (Fsp3) is 0. The van der Waals surface area contributed by atoms with E-state index in [9.17, 15) is 10.0 Å². The molecule has 1 aromatic carbocycles. The van der Waals surface area contributed by atoms with Gasteiger partial charge in [-0.3, -0.25) is 0 Å². The maximum atomic E-state index is 9.22. The molecule has 0 atom stereocenters. The minimum absolute atomic E-state index is 0.499. The molecule has 0 radical (unpaired) electrons. The summed E-state index contributed by atoms with van der Waals surface area (Å²) in [5, 5.41) is 21.5. The standard InChI is InChI=1S/C8H6BIO2S2/c10-5-3-14-8-4(5)1-2-6(13)7(8)9(11)12/h1-3,11-13H. The van der Waals surface area contributed by atoms with Crippen LogP contribution in [-0.4, -0.2) is 17.2 Å². The van der Waals surface area contributed by atoms with Crippen molar-refractivity contribution in [1.82, 2.24) is 0 Å². The molecule has 2 N–H and O–H groups in total. The fourth-order valence-corrected chi connectivity index (χ4v) is 3.71. The Hall–Kier alpha value is 0.245. The monoisotopic (exact) mass is 336 g/mol. The number of thiophene rings is 1. The highest BCUT2D eigenvalue weighted by Gasteiger charge is 2.19. The first kappa shape index (κ1) is 10.8. The minimum atomic E-state index is -1.46. The normalized spacial score (nSPS) is 10.9. The zero-order valence-electron chi connectivity index (χ0n) is 6.94. The predicted octanol–water partition coefficient (Wildman–Crippen LogP) is 1.47. The Morgan fingerprint density at radius 1 is 1.36 bits per heavy atom. The number of rotatable bonds is 1. The molecular formula is C8H6BIO2S2. The number of halogens is 1. The number of thiol groups is 1. The van der Waals surface area contributed by atoms with Gasteiger partial charge in [-0.05, 0) is 28.7 Å². The van der Waals surface area contributed by atoms with Crippen LogP contribution in [0.5, 0.6) is 0 Å². The summed E-state index contributed by atoms with van der Waals surface area (Å²) in [6, 6.07) is 3.73. The van der Waals surface area contributed by atoms with E-state index in [2.05, 4.69) is 35.2 Å². The first-order valence-electron chi connectivity index (χ1n) is 3.86. The molecule has 0 aliphatic carbocycles. The van der Waals surface area contributed by atoms with Gasteiger partial charge in [-0.2, -0.15) is 0 Å². The van der Waals surface area contributed by atoms with Gasteiger partial charge < -0.3 is 10.0 Å². The third-order valence-corrected chi connectivity index (χ3v) is 4.70. The number of benzene rings is 1. The van der Waals surface area contributed by atoms with Gasteiger partial charge in [0.25, 0.3) is 0 Å². The summed E-state index contributed by atoms with van der Waals surface area (Å²) >= 11 is 7.94. The van der Waals surface area contributed by atoms with Gasteiger partial charge in [-0.15, -0.1) is 24.0 Å². The van der Waals surface area contributed by atoms with Crippen molar-refractivity contribution in [2.45, 2.75) is 4.90 Å². The van der Waals surface area contributed by atoms with Gasteiger partial charge in [-0.25, -0.2) is 0 Å². The van der Waals surface area contributed by atoms with Crippen molar-refractivity contribution >= 4 is 69.2 Å². The Labute approximate surface area is 105 Å². The van der Waals surface area contributed by atoms with Gasteiger partial charge in [0.15, 0.2) is 0 Å². The van der Waals surface area contributed by atoms with Crippen LogP contribution in [0.15, 0.2) is 22.4 Å². The summed E-state index contributed by atoms with van der Waals surface area (Å²) in [6.45, 7) is 0. The van der Waals surface area contributed by atoms with Crippen LogP contribution in [0.2, 0.25) is 0 Å². The molecule has 0 saturated heterocycles. The summed E-state index contributed by atoms with van der Waals surface area (Å²) in [4.78, 5) is 0.616. The molecule has 14 heavy (non-hydrogen) atoms. The molecule has 72 valence electrons. The van der Waals surface area contributed by atoms with E-state index in [4.69, 9.17) is 0 Å². The molecular weight excluding hydrogens is 330 g/mol. The maximum absolute atomic E-state index is 9.22. The molecule has 0 saturated carbocycles. The summed E-state index contributed by atoms with van der Waals surface area (Å²) < 4.78 is 2.02. The van der Waals surface area contributed by atoms with Crippen molar-refractivity contribution in [3.8, 4) is 0 Å². The van der Waals surface area contributed by atoms with Crippen molar-refractivity contribution in [1.29, 1.82) is 0 Å². The quantitative estimate of drug-likeness (QED) is 0.419. The topological polar surface area (TPSA) is 40.5 Å². The molecule has 0 aliphatic rings. The van der Waals surface area contributed by atoms with Gasteiger partial charge in [0, 0.05) is 29.4 Å². The highest BCUT2D eigenvalue weighted by atomic mass is 127. The van der Waals surface area contributed by atoms with E-state index in [1.165, 1.54) is 11.3 Å². The van der Waals surface area contributed by atoms with Crippen molar-refractivity contribution in [3.05, 3.63) is 21.1 Å². The molecule has 2 nitrogen and oxygen atoms in total. The van der Waals surface area contributed by atoms with Crippen LogP contribution >= 0.6 is 46.6 Å². The second kappa shape index (κ2) is 4.01. The third kappa shape index (κ3) is 1.69. The van der Waals surface area contributed by atoms with Crippen LogP contribution in [0, 0.1) is 3.57 Å². The average Bonchev–Trinajstić information content (AvgIpc) is 2.47. The molecule has 0 aliphatic heterocycles. The van der Waals surface area contributed by atoms with E-state index >= 15 is 0 Å². The molecule has 2 aromatic rings. The van der Waals surface area contributed by atoms with Crippen molar-refractivity contribution in [2.24, 2.45) is 0 Å². The van der Waals surface area contributed by atoms with Gasteiger partial charge in [0.2, 0.25) is 0 Å². The summed E-state index contributed by atoms with van der Waals surface area (Å²) in [5.74, 6) is 0. The van der Waals surface area contributed by atoms with Gasteiger partial charge >= 0.3 is 7.12 Å². The smallest absolute Gasteiger partial charge is 0.423 e. The van der Waals surface area contributed by atoms with E-state index < -0.39 is 7.12 Å². The van der Waals surface area contributed by atoms with Crippen LogP contribution in [0.25, 0.3) is 10.1 Å². The van der Waals surface area contributed by atoms with Crippen LogP contribution < -0.4 is 5.46 Å². The van der Waals surface area contributed by atoms with Gasteiger partial charge in [-0.1, -0.05) is 6.07 Å². The second-order valence-corrected chi connectivity index (χ2v) is 5.36. The van der Waals surface area contributed by atoms with E-state index in [-0.39, 0.29) is 0 Å². The molecule has 0 spiro atoms. The first-order valence-corrected chi connectivity index (χ1v) is 6.26. The zero-order chi connectivity index (χ0) is 10.3. The Balaban J connectivity index is 2.83. The van der Waals surface area contributed by atoms with Gasteiger partial charge in [0.05, 0.1) is 0 Å². The van der Waals surface area contributed by atoms with Crippen LogP contribution in [0.1, 0.15) is 0 Å². The van der Waals surface area contributed by atoms with Crippen molar-refractivity contribution < 1.29 is 10.0 Å².